The summed E-state index contributed by atoms with van der Waals surface area (Å²) in [4.78, 5) is 0. The van der Waals surface area contributed by atoms with Gasteiger partial charge in [0.1, 0.15) is 0 Å². The molecule has 0 spiro atoms. The Kier molecular flexibility index (Phi) is 6.85. The van der Waals surface area contributed by atoms with Gasteiger partial charge in [0.2, 0.25) is 0 Å². The number of nitrogens with one attached hydrogen (secondary N) is 1. The van der Waals surface area contributed by atoms with Gasteiger partial charge in [-0.3, -0.25) is 0 Å². The van der Waals surface area contributed by atoms with Crippen LogP contribution in [0.25, 0.3) is 0 Å². The normalized spacial score (nSPS) is 13.6. The van der Waals surface area contributed by atoms with Gasteiger partial charge in [0.25, 0.3) is 0 Å². The molecule has 1 nitrogen and oxygen atoms in total. The number of hydrogen-bond donors (Lipinski definition) is 1. The fraction of sp³-hybridized carbons (Fsp3) is 0.625. The molecule has 0 fully saturated rings. The Morgan fingerprint density at radius 3 is 2.53 bits per heavy atom. The zero-order valence-electron chi connectivity index (χ0n) is 12.4. The molecule has 0 saturated heterocycles. The SMILES string of the molecule is CCCNC(CCC(C)(C)C)c1ccc(Br)c(Cl)c1. The molecule has 1 aromatic carbocycles. The lowest BCUT2D eigenvalue weighted by Gasteiger charge is -2.24. The molecule has 1 N–H and O–H groups in total. The summed E-state index contributed by atoms with van der Waals surface area (Å²) in [5, 5.41) is 4.42. The van der Waals surface area contributed by atoms with E-state index in [-0.39, 0.29) is 0 Å². The Labute approximate surface area is 131 Å². The van der Waals surface area contributed by atoms with Gasteiger partial charge >= 0.3 is 0 Å². The van der Waals surface area contributed by atoms with Crippen LogP contribution in [0.2, 0.25) is 5.02 Å². The molecule has 0 heterocycles. The highest BCUT2D eigenvalue weighted by Gasteiger charge is 2.17. The maximum atomic E-state index is 6.21. The van der Waals surface area contributed by atoms with Crippen molar-refractivity contribution in [3.63, 3.8) is 0 Å². The third-order valence-corrected chi connectivity index (χ3v) is 4.40. The molecule has 1 aromatic rings. The molecular formula is C16H25BrClN. The smallest absolute Gasteiger partial charge is 0.0551 e. The second kappa shape index (κ2) is 7.66. The van der Waals surface area contributed by atoms with E-state index >= 15 is 0 Å². The van der Waals surface area contributed by atoms with E-state index < -0.39 is 0 Å². The van der Waals surface area contributed by atoms with E-state index in [1.54, 1.807) is 0 Å². The van der Waals surface area contributed by atoms with Crippen LogP contribution in [0.5, 0.6) is 0 Å². The van der Waals surface area contributed by atoms with Gasteiger partial charge in [0.05, 0.1) is 5.02 Å². The highest BCUT2D eigenvalue weighted by atomic mass is 79.9. The topological polar surface area (TPSA) is 12.0 Å². The average Bonchev–Trinajstić information content (AvgIpc) is 2.32. The Morgan fingerprint density at radius 1 is 1.32 bits per heavy atom. The zero-order valence-corrected chi connectivity index (χ0v) is 14.7. The lowest BCUT2D eigenvalue weighted by Crippen LogP contribution is -2.23. The Balaban J connectivity index is 2.79. The van der Waals surface area contributed by atoms with Crippen LogP contribution in [0.4, 0.5) is 0 Å². The van der Waals surface area contributed by atoms with Crippen LogP contribution in [0.1, 0.15) is 58.6 Å². The summed E-state index contributed by atoms with van der Waals surface area (Å²) in [6.07, 6.45) is 3.49. The highest BCUT2D eigenvalue weighted by Crippen LogP contribution is 2.31. The monoisotopic (exact) mass is 345 g/mol. The van der Waals surface area contributed by atoms with Gasteiger partial charge in [-0.15, -0.1) is 0 Å². The van der Waals surface area contributed by atoms with Crippen LogP contribution in [-0.4, -0.2) is 6.54 Å². The van der Waals surface area contributed by atoms with Gasteiger partial charge < -0.3 is 5.32 Å². The predicted octanol–water partition coefficient (Wildman–Crippen LogP) is 5.97. The molecule has 0 saturated carbocycles. The van der Waals surface area contributed by atoms with Crippen LogP contribution in [0.15, 0.2) is 22.7 Å². The molecular weight excluding hydrogens is 322 g/mol. The molecule has 1 rings (SSSR count). The minimum Gasteiger partial charge on any atom is -0.310 e. The maximum Gasteiger partial charge on any atom is 0.0551 e. The first kappa shape index (κ1) is 17.0. The first-order valence-electron chi connectivity index (χ1n) is 7.02. The van der Waals surface area contributed by atoms with Crippen molar-refractivity contribution < 1.29 is 0 Å². The summed E-state index contributed by atoms with van der Waals surface area (Å²) < 4.78 is 0.961. The van der Waals surface area contributed by atoms with Crippen molar-refractivity contribution in [2.75, 3.05) is 6.54 Å². The van der Waals surface area contributed by atoms with Crippen LogP contribution in [0, 0.1) is 5.41 Å². The van der Waals surface area contributed by atoms with Crippen molar-refractivity contribution >= 4 is 27.5 Å². The lowest BCUT2D eigenvalue weighted by molar-refractivity contribution is 0.332. The fourth-order valence-corrected chi connectivity index (χ4v) is 2.45. The van der Waals surface area contributed by atoms with E-state index in [2.05, 4.69) is 61.1 Å². The highest BCUT2D eigenvalue weighted by molar-refractivity contribution is 9.10. The third-order valence-electron chi connectivity index (χ3n) is 3.17. The van der Waals surface area contributed by atoms with E-state index in [1.165, 1.54) is 12.0 Å². The van der Waals surface area contributed by atoms with Gasteiger partial charge in [-0.05, 0) is 64.8 Å². The molecule has 0 aromatic heterocycles. The minimum absolute atomic E-state index is 0.366. The van der Waals surface area contributed by atoms with Gasteiger partial charge in [-0.2, -0.15) is 0 Å². The summed E-state index contributed by atoms with van der Waals surface area (Å²) >= 11 is 9.66. The summed E-state index contributed by atoms with van der Waals surface area (Å²) in [6.45, 7) is 10.1. The van der Waals surface area contributed by atoms with Crippen LogP contribution in [0.3, 0.4) is 0 Å². The Hall–Kier alpha value is -0.0500. The van der Waals surface area contributed by atoms with Gasteiger partial charge in [0.15, 0.2) is 0 Å². The standard InChI is InChI=1S/C16H25BrClN/c1-5-10-19-15(8-9-16(2,3)4)12-6-7-13(17)14(18)11-12/h6-7,11,15,19H,5,8-10H2,1-4H3. The maximum absolute atomic E-state index is 6.21. The lowest BCUT2D eigenvalue weighted by atomic mass is 9.87. The zero-order chi connectivity index (χ0) is 14.5. The molecule has 0 aliphatic heterocycles. The average molecular weight is 347 g/mol. The number of benzene rings is 1. The molecule has 1 unspecified atom stereocenters. The first-order chi connectivity index (χ1) is 8.83. The summed E-state index contributed by atoms with van der Waals surface area (Å²) in [7, 11) is 0. The largest absolute Gasteiger partial charge is 0.310 e. The molecule has 0 amide bonds. The summed E-state index contributed by atoms with van der Waals surface area (Å²) in [5.74, 6) is 0. The number of rotatable bonds is 6. The molecule has 0 aliphatic carbocycles. The minimum atomic E-state index is 0.366. The molecule has 0 radical (unpaired) electrons. The molecule has 19 heavy (non-hydrogen) atoms. The first-order valence-corrected chi connectivity index (χ1v) is 8.19. The second-order valence-electron chi connectivity index (χ2n) is 6.28. The van der Waals surface area contributed by atoms with Crippen LogP contribution < -0.4 is 5.32 Å². The van der Waals surface area contributed by atoms with Crippen LogP contribution in [-0.2, 0) is 0 Å². The van der Waals surface area contributed by atoms with Gasteiger partial charge in [-0.1, -0.05) is 45.4 Å². The second-order valence-corrected chi connectivity index (χ2v) is 7.54. The fourth-order valence-electron chi connectivity index (χ4n) is 2.01. The summed E-state index contributed by atoms with van der Waals surface area (Å²) in [6, 6.07) is 6.66. The van der Waals surface area contributed by atoms with Crippen molar-refractivity contribution in [1.82, 2.24) is 5.32 Å². The van der Waals surface area contributed by atoms with Crippen molar-refractivity contribution in [2.24, 2.45) is 5.41 Å². The number of halogens is 2. The Morgan fingerprint density at radius 2 is 2.00 bits per heavy atom. The molecule has 0 aliphatic rings. The quantitative estimate of drug-likeness (QED) is 0.669. The van der Waals surface area contributed by atoms with Crippen molar-refractivity contribution in [1.29, 1.82) is 0 Å². The van der Waals surface area contributed by atoms with E-state index in [0.717, 1.165) is 28.9 Å². The van der Waals surface area contributed by atoms with Crippen molar-refractivity contribution in [3.8, 4) is 0 Å². The molecule has 3 heteroatoms. The van der Waals surface area contributed by atoms with Crippen LogP contribution >= 0.6 is 27.5 Å². The molecule has 108 valence electrons. The Bertz CT molecular complexity index is 398. The van der Waals surface area contributed by atoms with Gasteiger partial charge in [-0.25, -0.2) is 0 Å². The van der Waals surface area contributed by atoms with E-state index in [4.69, 9.17) is 11.6 Å². The predicted molar refractivity (Wildman–Crippen MR) is 88.9 cm³/mol. The number of hydrogen-bond acceptors (Lipinski definition) is 1. The van der Waals surface area contributed by atoms with E-state index in [1.807, 2.05) is 6.07 Å². The molecule has 1 atom stereocenters. The van der Waals surface area contributed by atoms with Crippen molar-refractivity contribution in [2.45, 2.75) is 53.0 Å². The third kappa shape index (κ3) is 6.29. The molecule has 0 bridgehead atoms. The van der Waals surface area contributed by atoms with Gasteiger partial charge in [0, 0.05) is 10.5 Å². The van der Waals surface area contributed by atoms with Crippen molar-refractivity contribution in [3.05, 3.63) is 33.3 Å². The summed E-state index contributed by atoms with van der Waals surface area (Å²) in [5.41, 5.74) is 1.65. The van der Waals surface area contributed by atoms with E-state index in [9.17, 15) is 0 Å². The van der Waals surface area contributed by atoms with E-state index in [0.29, 0.717) is 11.5 Å².